The SMILES string of the molecule is CCOC(=O)c1c(NC(=O)OC(C)(C)C)ccc(Cl)c1F. The van der Waals surface area contributed by atoms with Gasteiger partial charge in [-0.2, -0.15) is 0 Å². The Kier molecular flexibility index (Phi) is 5.54. The van der Waals surface area contributed by atoms with Crippen LogP contribution < -0.4 is 5.32 Å². The summed E-state index contributed by atoms with van der Waals surface area (Å²) < 4.78 is 23.8. The predicted molar refractivity (Wildman–Crippen MR) is 77.2 cm³/mol. The number of benzene rings is 1. The van der Waals surface area contributed by atoms with Gasteiger partial charge in [-0.3, -0.25) is 5.32 Å². The van der Waals surface area contributed by atoms with Crippen molar-refractivity contribution in [2.24, 2.45) is 0 Å². The molecule has 0 spiro atoms. The van der Waals surface area contributed by atoms with Crippen molar-refractivity contribution in [1.82, 2.24) is 0 Å². The lowest BCUT2D eigenvalue weighted by Crippen LogP contribution is -2.28. The summed E-state index contributed by atoms with van der Waals surface area (Å²) in [5.74, 6) is -1.87. The lowest BCUT2D eigenvalue weighted by Gasteiger charge is -2.20. The fraction of sp³-hybridized carbons (Fsp3) is 0.429. The number of esters is 1. The van der Waals surface area contributed by atoms with Crippen molar-refractivity contribution in [1.29, 1.82) is 0 Å². The number of nitrogens with one attached hydrogen (secondary N) is 1. The lowest BCUT2D eigenvalue weighted by atomic mass is 10.1. The van der Waals surface area contributed by atoms with E-state index in [1.54, 1.807) is 27.7 Å². The van der Waals surface area contributed by atoms with Crippen molar-refractivity contribution in [3.05, 3.63) is 28.5 Å². The van der Waals surface area contributed by atoms with E-state index in [4.69, 9.17) is 21.1 Å². The molecule has 5 nitrogen and oxygen atoms in total. The summed E-state index contributed by atoms with van der Waals surface area (Å²) in [4.78, 5) is 23.5. The molecule has 0 atom stereocenters. The van der Waals surface area contributed by atoms with E-state index in [9.17, 15) is 14.0 Å². The van der Waals surface area contributed by atoms with Crippen molar-refractivity contribution in [3.8, 4) is 0 Å². The molecule has 0 fully saturated rings. The number of ether oxygens (including phenoxy) is 2. The Morgan fingerprint density at radius 2 is 1.95 bits per heavy atom. The summed E-state index contributed by atoms with van der Waals surface area (Å²) in [6, 6.07) is 2.54. The van der Waals surface area contributed by atoms with Gasteiger partial charge < -0.3 is 9.47 Å². The van der Waals surface area contributed by atoms with Gasteiger partial charge in [0.25, 0.3) is 0 Å². The number of hydrogen-bond donors (Lipinski definition) is 1. The molecule has 0 radical (unpaired) electrons. The molecule has 1 aromatic carbocycles. The molecule has 0 saturated carbocycles. The van der Waals surface area contributed by atoms with Crippen LogP contribution in [0.25, 0.3) is 0 Å². The van der Waals surface area contributed by atoms with Gasteiger partial charge in [0.05, 0.1) is 17.3 Å². The van der Waals surface area contributed by atoms with Crippen molar-refractivity contribution < 1.29 is 23.5 Å². The second kappa shape index (κ2) is 6.76. The van der Waals surface area contributed by atoms with Crippen molar-refractivity contribution in [2.45, 2.75) is 33.3 Å². The van der Waals surface area contributed by atoms with E-state index in [1.165, 1.54) is 12.1 Å². The molecule has 0 unspecified atom stereocenters. The maximum Gasteiger partial charge on any atom is 0.412 e. The molecule has 0 bridgehead atoms. The van der Waals surface area contributed by atoms with Crippen LogP contribution in [0, 0.1) is 5.82 Å². The van der Waals surface area contributed by atoms with E-state index in [0.717, 1.165) is 0 Å². The van der Waals surface area contributed by atoms with Gasteiger partial charge in [-0.05, 0) is 39.8 Å². The van der Waals surface area contributed by atoms with Crippen molar-refractivity contribution in [2.75, 3.05) is 11.9 Å². The maximum absolute atomic E-state index is 14.0. The van der Waals surface area contributed by atoms with Gasteiger partial charge in [-0.1, -0.05) is 11.6 Å². The highest BCUT2D eigenvalue weighted by atomic mass is 35.5. The number of hydrogen-bond acceptors (Lipinski definition) is 4. The van der Waals surface area contributed by atoms with E-state index >= 15 is 0 Å². The van der Waals surface area contributed by atoms with E-state index in [-0.39, 0.29) is 17.3 Å². The Morgan fingerprint density at radius 3 is 2.48 bits per heavy atom. The molecule has 0 saturated heterocycles. The van der Waals surface area contributed by atoms with Crippen LogP contribution in [0.2, 0.25) is 5.02 Å². The molecular formula is C14H17ClFNO4. The van der Waals surface area contributed by atoms with Crippen LogP contribution in [-0.2, 0) is 9.47 Å². The predicted octanol–water partition coefficient (Wildman–Crippen LogP) is 4.00. The molecule has 0 heterocycles. The summed E-state index contributed by atoms with van der Waals surface area (Å²) in [6.45, 7) is 6.70. The molecule has 116 valence electrons. The highest BCUT2D eigenvalue weighted by Crippen LogP contribution is 2.27. The average molecular weight is 318 g/mol. The van der Waals surface area contributed by atoms with Crippen molar-refractivity contribution >= 4 is 29.4 Å². The number of halogens is 2. The largest absolute Gasteiger partial charge is 0.462 e. The minimum atomic E-state index is -0.955. The van der Waals surface area contributed by atoms with Gasteiger partial charge >= 0.3 is 12.1 Å². The highest BCUT2D eigenvalue weighted by Gasteiger charge is 2.24. The number of carbonyl (C=O) groups is 2. The first-order valence-corrected chi connectivity index (χ1v) is 6.68. The summed E-state index contributed by atoms with van der Waals surface area (Å²) in [5, 5.41) is 2.07. The third-order valence-corrected chi connectivity index (χ3v) is 2.50. The zero-order chi connectivity index (χ0) is 16.2. The number of amides is 1. The van der Waals surface area contributed by atoms with Gasteiger partial charge in [-0.15, -0.1) is 0 Å². The fourth-order valence-electron chi connectivity index (χ4n) is 1.47. The lowest BCUT2D eigenvalue weighted by molar-refractivity contribution is 0.0522. The Morgan fingerprint density at radius 1 is 1.33 bits per heavy atom. The molecule has 0 aliphatic carbocycles. The normalized spacial score (nSPS) is 11.0. The van der Waals surface area contributed by atoms with Gasteiger partial charge in [0.1, 0.15) is 11.2 Å². The Bertz CT molecular complexity index is 555. The molecule has 0 aliphatic heterocycles. The van der Waals surface area contributed by atoms with Crippen LogP contribution in [0.15, 0.2) is 12.1 Å². The third-order valence-electron chi connectivity index (χ3n) is 2.21. The molecule has 0 aliphatic rings. The molecular weight excluding hydrogens is 301 g/mol. The fourth-order valence-corrected chi connectivity index (χ4v) is 1.63. The number of carbonyl (C=O) groups excluding carboxylic acids is 2. The quantitative estimate of drug-likeness (QED) is 0.856. The first kappa shape index (κ1) is 17.2. The zero-order valence-electron chi connectivity index (χ0n) is 12.3. The van der Waals surface area contributed by atoms with Crippen LogP contribution >= 0.6 is 11.6 Å². The van der Waals surface area contributed by atoms with Gasteiger partial charge in [0, 0.05) is 0 Å². The standard InChI is InChI=1S/C14H17ClFNO4/c1-5-20-12(18)10-9(7-6-8(15)11(10)16)17-13(19)21-14(2,3)4/h6-7H,5H2,1-4H3,(H,17,19). The van der Waals surface area contributed by atoms with Gasteiger partial charge in [0.15, 0.2) is 5.82 Å². The van der Waals surface area contributed by atoms with Crippen LogP contribution in [0.1, 0.15) is 38.1 Å². The smallest absolute Gasteiger partial charge is 0.412 e. The Balaban J connectivity index is 3.10. The van der Waals surface area contributed by atoms with E-state index in [0.29, 0.717) is 0 Å². The molecule has 1 N–H and O–H groups in total. The zero-order valence-corrected chi connectivity index (χ0v) is 13.0. The monoisotopic (exact) mass is 317 g/mol. The van der Waals surface area contributed by atoms with Gasteiger partial charge in [-0.25, -0.2) is 14.0 Å². The van der Waals surface area contributed by atoms with Crippen LogP contribution in [0.4, 0.5) is 14.9 Å². The second-order valence-corrected chi connectivity index (χ2v) is 5.54. The van der Waals surface area contributed by atoms with E-state index in [2.05, 4.69) is 5.32 Å². The molecule has 1 amide bonds. The third kappa shape index (κ3) is 4.90. The molecule has 7 heteroatoms. The van der Waals surface area contributed by atoms with Crippen LogP contribution in [-0.4, -0.2) is 24.3 Å². The second-order valence-electron chi connectivity index (χ2n) is 5.13. The number of anilines is 1. The molecule has 1 rings (SSSR count). The minimum Gasteiger partial charge on any atom is -0.462 e. The minimum absolute atomic E-state index is 0.0652. The van der Waals surface area contributed by atoms with Crippen LogP contribution in [0.3, 0.4) is 0 Å². The molecule has 0 aromatic heterocycles. The first-order valence-electron chi connectivity index (χ1n) is 6.31. The van der Waals surface area contributed by atoms with Crippen molar-refractivity contribution in [3.63, 3.8) is 0 Å². The number of rotatable bonds is 3. The summed E-state index contributed by atoms with van der Waals surface area (Å²) in [6.07, 6.45) is -0.810. The first-order chi connectivity index (χ1) is 9.65. The van der Waals surface area contributed by atoms with Crippen LogP contribution in [0.5, 0.6) is 0 Å². The topological polar surface area (TPSA) is 64.6 Å². The summed E-state index contributed by atoms with van der Waals surface area (Å²) in [7, 11) is 0. The highest BCUT2D eigenvalue weighted by molar-refractivity contribution is 6.31. The van der Waals surface area contributed by atoms with E-state index in [1.807, 2.05) is 0 Å². The molecule has 1 aromatic rings. The Labute approximate surface area is 127 Å². The van der Waals surface area contributed by atoms with E-state index < -0.39 is 29.0 Å². The summed E-state index contributed by atoms with van der Waals surface area (Å²) in [5.41, 5.74) is -1.22. The maximum atomic E-state index is 14.0. The Hall–Kier alpha value is -1.82. The van der Waals surface area contributed by atoms with Gasteiger partial charge in [0.2, 0.25) is 0 Å². The summed E-state index contributed by atoms with van der Waals surface area (Å²) >= 11 is 5.65. The molecule has 21 heavy (non-hydrogen) atoms. The average Bonchev–Trinajstić information content (AvgIpc) is 2.32.